The minimum absolute atomic E-state index is 0.0404. The minimum atomic E-state index is -0.0404. The van der Waals surface area contributed by atoms with Gasteiger partial charge in [0.05, 0.1) is 0 Å². The number of fused-ring (bicyclic) bond motifs is 1. The van der Waals surface area contributed by atoms with Crippen LogP contribution in [0.1, 0.15) is 16.1 Å². The van der Waals surface area contributed by atoms with Crippen LogP contribution >= 0.6 is 0 Å². The number of ketones is 1. The van der Waals surface area contributed by atoms with Crippen molar-refractivity contribution in [2.24, 2.45) is 0 Å². The van der Waals surface area contributed by atoms with Crippen molar-refractivity contribution in [1.82, 2.24) is 4.98 Å². The fourth-order valence-corrected chi connectivity index (χ4v) is 1.95. The van der Waals surface area contributed by atoms with Gasteiger partial charge in [-0.3, -0.25) is 9.78 Å². The predicted molar refractivity (Wildman–Crippen MR) is 71.6 cm³/mol. The van der Waals surface area contributed by atoms with Crippen LogP contribution in [0.15, 0.2) is 66.9 Å². The summed E-state index contributed by atoms with van der Waals surface area (Å²) in [4.78, 5) is 16.5. The maximum absolute atomic E-state index is 12.2. The van der Waals surface area contributed by atoms with E-state index in [1.807, 2.05) is 48.5 Å². The molecule has 0 fully saturated rings. The number of nitrogens with zero attached hydrogens (tertiary/aromatic N) is 1. The summed E-state index contributed by atoms with van der Waals surface area (Å²) in [6.07, 6.45) is 1.74. The van der Waals surface area contributed by atoms with Crippen LogP contribution in [0.3, 0.4) is 0 Å². The lowest BCUT2D eigenvalue weighted by Gasteiger charge is -2.02. The molecule has 0 spiro atoms. The van der Waals surface area contributed by atoms with Crippen molar-refractivity contribution in [1.29, 1.82) is 0 Å². The molecule has 18 heavy (non-hydrogen) atoms. The molecule has 0 radical (unpaired) electrons. The summed E-state index contributed by atoms with van der Waals surface area (Å²) >= 11 is 0. The van der Waals surface area contributed by atoms with E-state index in [0.717, 1.165) is 10.8 Å². The average Bonchev–Trinajstić information content (AvgIpc) is 2.47. The number of carbonyl (C=O) groups is 1. The summed E-state index contributed by atoms with van der Waals surface area (Å²) in [7, 11) is 0. The van der Waals surface area contributed by atoms with Gasteiger partial charge in [-0.1, -0.05) is 54.6 Å². The Kier molecular flexibility index (Phi) is 2.61. The number of pyridine rings is 1. The topological polar surface area (TPSA) is 30.0 Å². The van der Waals surface area contributed by atoms with Gasteiger partial charge in [0.2, 0.25) is 5.78 Å². The zero-order valence-electron chi connectivity index (χ0n) is 9.71. The van der Waals surface area contributed by atoms with Crippen molar-refractivity contribution < 1.29 is 4.79 Å². The van der Waals surface area contributed by atoms with Crippen molar-refractivity contribution >= 4 is 16.6 Å². The van der Waals surface area contributed by atoms with Crippen LogP contribution in [-0.2, 0) is 0 Å². The molecule has 2 heteroatoms. The minimum Gasteiger partial charge on any atom is -0.287 e. The normalized spacial score (nSPS) is 10.4. The maximum atomic E-state index is 12.2. The predicted octanol–water partition coefficient (Wildman–Crippen LogP) is 3.47. The molecule has 3 rings (SSSR count). The molecule has 1 aromatic heterocycles. The van der Waals surface area contributed by atoms with Gasteiger partial charge in [0.15, 0.2) is 0 Å². The Labute approximate surface area is 105 Å². The van der Waals surface area contributed by atoms with E-state index in [1.54, 1.807) is 18.3 Å². The van der Waals surface area contributed by atoms with Crippen LogP contribution in [0.25, 0.3) is 10.8 Å². The summed E-state index contributed by atoms with van der Waals surface area (Å²) in [5.41, 5.74) is 1.15. The zero-order chi connectivity index (χ0) is 12.4. The first-order valence-electron chi connectivity index (χ1n) is 5.79. The second-order valence-electron chi connectivity index (χ2n) is 4.11. The standard InChI is InChI=1S/C16H11NO/c18-16(12-6-2-1-3-7-12)15-10-13-8-4-5-9-14(13)11-17-15/h1-11H. The number of aromatic nitrogens is 1. The fraction of sp³-hybridized carbons (Fsp3) is 0. The third kappa shape index (κ3) is 1.89. The molecule has 0 aliphatic carbocycles. The van der Waals surface area contributed by atoms with Crippen molar-refractivity contribution in [3.63, 3.8) is 0 Å². The average molecular weight is 233 g/mol. The highest BCUT2D eigenvalue weighted by Crippen LogP contribution is 2.15. The van der Waals surface area contributed by atoms with Crippen LogP contribution in [0.5, 0.6) is 0 Å². The Morgan fingerprint density at radius 2 is 1.50 bits per heavy atom. The molecule has 0 N–H and O–H groups in total. The van der Waals surface area contributed by atoms with Gasteiger partial charge in [-0.15, -0.1) is 0 Å². The van der Waals surface area contributed by atoms with Gasteiger partial charge < -0.3 is 0 Å². The molecule has 0 amide bonds. The van der Waals surface area contributed by atoms with Crippen molar-refractivity contribution in [2.75, 3.05) is 0 Å². The highest BCUT2D eigenvalue weighted by molar-refractivity contribution is 6.09. The fourth-order valence-electron chi connectivity index (χ4n) is 1.95. The van der Waals surface area contributed by atoms with E-state index >= 15 is 0 Å². The first kappa shape index (κ1) is 10.7. The highest BCUT2D eigenvalue weighted by atomic mass is 16.1. The molecule has 0 aliphatic heterocycles. The Bertz CT molecular complexity index is 704. The molecule has 0 saturated heterocycles. The van der Waals surface area contributed by atoms with E-state index in [2.05, 4.69) is 4.98 Å². The zero-order valence-corrected chi connectivity index (χ0v) is 9.71. The maximum Gasteiger partial charge on any atom is 0.211 e. The summed E-state index contributed by atoms with van der Waals surface area (Å²) in [5, 5.41) is 2.08. The second kappa shape index (κ2) is 4.41. The molecule has 0 atom stereocenters. The lowest BCUT2D eigenvalue weighted by molar-refractivity contribution is 0.103. The molecule has 0 bridgehead atoms. The van der Waals surface area contributed by atoms with Gasteiger partial charge in [0.1, 0.15) is 5.69 Å². The van der Waals surface area contributed by atoms with Gasteiger partial charge in [0.25, 0.3) is 0 Å². The van der Waals surface area contributed by atoms with E-state index in [0.29, 0.717) is 11.3 Å². The molecular formula is C16H11NO. The van der Waals surface area contributed by atoms with Crippen molar-refractivity contribution in [2.45, 2.75) is 0 Å². The van der Waals surface area contributed by atoms with E-state index in [4.69, 9.17) is 0 Å². The Morgan fingerprint density at radius 3 is 2.28 bits per heavy atom. The lowest BCUT2D eigenvalue weighted by Crippen LogP contribution is -2.03. The molecule has 1 heterocycles. The quantitative estimate of drug-likeness (QED) is 0.634. The molecule has 2 aromatic carbocycles. The van der Waals surface area contributed by atoms with Gasteiger partial charge in [-0.05, 0) is 11.5 Å². The van der Waals surface area contributed by atoms with Crippen LogP contribution < -0.4 is 0 Å². The highest BCUT2D eigenvalue weighted by Gasteiger charge is 2.10. The monoisotopic (exact) mass is 233 g/mol. The van der Waals surface area contributed by atoms with Crippen molar-refractivity contribution in [3.8, 4) is 0 Å². The van der Waals surface area contributed by atoms with E-state index in [-0.39, 0.29) is 5.78 Å². The number of carbonyl (C=O) groups excluding carboxylic acids is 1. The summed E-state index contributed by atoms with van der Waals surface area (Å²) in [6, 6.07) is 18.9. The van der Waals surface area contributed by atoms with Gasteiger partial charge in [-0.2, -0.15) is 0 Å². The number of rotatable bonds is 2. The summed E-state index contributed by atoms with van der Waals surface area (Å²) < 4.78 is 0. The Morgan fingerprint density at radius 1 is 0.833 bits per heavy atom. The van der Waals surface area contributed by atoms with Crippen LogP contribution in [0.4, 0.5) is 0 Å². The van der Waals surface area contributed by atoms with E-state index < -0.39 is 0 Å². The molecule has 0 unspecified atom stereocenters. The second-order valence-corrected chi connectivity index (χ2v) is 4.11. The third-order valence-corrected chi connectivity index (χ3v) is 2.90. The molecule has 86 valence electrons. The molecular weight excluding hydrogens is 222 g/mol. The van der Waals surface area contributed by atoms with Crippen molar-refractivity contribution in [3.05, 3.63) is 78.1 Å². The number of hydrogen-bond acceptors (Lipinski definition) is 2. The van der Waals surface area contributed by atoms with E-state index in [1.165, 1.54) is 0 Å². The molecule has 3 aromatic rings. The van der Waals surface area contributed by atoms with Gasteiger partial charge in [-0.25, -0.2) is 0 Å². The van der Waals surface area contributed by atoms with Crippen LogP contribution in [0.2, 0.25) is 0 Å². The molecule has 2 nitrogen and oxygen atoms in total. The largest absolute Gasteiger partial charge is 0.287 e. The summed E-state index contributed by atoms with van der Waals surface area (Å²) in [5.74, 6) is -0.0404. The first-order valence-corrected chi connectivity index (χ1v) is 5.79. The Hall–Kier alpha value is -2.48. The number of benzene rings is 2. The lowest BCUT2D eigenvalue weighted by atomic mass is 10.1. The number of hydrogen-bond donors (Lipinski definition) is 0. The van der Waals surface area contributed by atoms with Gasteiger partial charge >= 0.3 is 0 Å². The smallest absolute Gasteiger partial charge is 0.211 e. The van der Waals surface area contributed by atoms with Crippen LogP contribution in [-0.4, -0.2) is 10.8 Å². The third-order valence-electron chi connectivity index (χ3n) is 2.90. The van der Waals surface area contributed by atoms with Gasteiger partial charge in [0, 0.05) is 17.1 Å². The molecule has 0 aliphatic rings. The molecule has 0 saturated carbocycles. The summed E-state index contributed by atoms with van der Waals surface area (Å²) in [6.45, 7) is 0. The van der Waals surface area contributed by atoms with Crippen LogP contribution in [0, 0.1) is 0 Å². The van der Waals surface area contributed by atoms with E-state index in [9.17, 15) is 4.79 Å². The first-order chi connectivity index (χ1) is 8.84. The Balaban J connectivity index is 2.07. The SMILES string of the molecule is O=C(c1ccccc1)c1cc2ccccc2cn1.